The smallest absolute Gasteiger partial charge is 0.0812 e. The lowest BCUT2D eigenvalue weighted by molar-refractivity contribution is -0.0454. The van der Waals surface area contributed by atoms with E-state index in [1.807, 2.05) is 13.8 Å². The zero-order valence-corrected chi connectivity index (χ0v) is 11.8. The molecule has 2 aliphatic rings. The van der Waals surface area contributed by atoms with E-state index in [1.165, 1.54) is 25.8 Å². The number of hydrogen-bond donors (Lipinski definition) is 0. The van der Waals surface area contributed by atoms with Crippen LogP contribution in [0.15, 0.2) is 0 Å². The second-order valence-corrected chi connectivity index (χ2v) is 5.54. The van der Waals surface area contributed by atoms with Crippen LogP contribution in [0.25, 0.3) is 0 Å². The van der Waals surface area contributed by atoms with Gasteiger partial charge in [0.05, 0.1) is 12.2 Å². The second kappa shape index (κ2) is 6.02. The van der Waals surface area contributed by atoms with Crippen LogP contribution < -0.4 is 0 Å². The van der Waals surface area contributed by atoms with E-state index in [0.717, 1.165) is 25.0 Å². The lowest BCUT2D eigenvalue weighted by Gasteiger charge is -2.38. The lowest BCUT2D eigenvalue weighted by atomic mass is 9.83. The summed E-state index contributed by atoms with van der Waals surface area (Å²) in [5.74, 6) is 1.57. The average molecular weight is 227 g/mol. The third-order valence-corrected chi connectivity index (χ3v) is 3.91. The van der Waals surface area contributed by atoms with Crippen molar-refractivity contribution in [1.82, 2.24) is 4.90 Å². The predicted molar refractivity (Wildman–Crippen MR) is 69.7 cm³/mol. The second-order valence-electron chi connectivity index (χ2n) is 5.54. The number of hydrogen-bond acceptors (Lipinski definition) is 2. The molecule has 16 heavy (non-hydrogen) atoms. The highest BCUT2D eigenvalue weighted by Gasteiger charge is 2.43. The van der Waals surface area contributed by atoms with Crippen LogP contribution in [0, 0.1) is 11.8 Å². The molecule has 2 heteroatoms. The fourth-order valence-corrected chi connectivity index (χ4v) is 2.91. The van der Waals surface area contributed by atoms with Crippen LogP contribution in [0.1, 0.15) is 47.0 Å². The van der Waals surface area contributed by atoms with Gasteiger partial charge < -0.3 is 9.64 Å². The van der Waals surface area contributed by atoms with Crippen molar-refractivity contribution < 1.29 is 4.74 Å². The molecule has 2 saturated heterocycles. The van der Waals surface area contributed by atoms with Gasteiger partial charge in [0.2, 0.25) is 0 Å². The van der Waals surface area contributed by atoms with Crippen molar-refractivity contribution >= 4 is 0 Å². The van der Waals surface area contributed by atoms with Gasteiger partial charge in [-0.1, -0.05) is 27.7 Å². The minimum absolute atomic E-state index is 0.224. The molecular formula is C14H29NO. The maximum atomic E-state index is 6.08. The van der Waals surface area contributed by atoms with E-state index in [4.69, 9.17) is 4.74 Å². The molecular weight excluding hydrogens is 198 g/mol. The zero-order chi connectivity index (χ0) is 12.2. The summed E-state index contributed by atoms with van der Waals surface area (Å²) in [4.78, 5) is 2.42. The summed E-state index contributed by atoms with van der Waals surface area (Å²) in [5, 5.41) is 0. The van der Waals surface area contributed by atoms with Gasteiger partial charge in [0.25, 0.3) is 0 Å². The van der Waals surface area contributed by atoms with Crippen LogP contribution in [-0.2, 0) is 4.74 Å². The van der Waals surface area contributed by atoms with Crippen LogP contribution in [0.4, 0.5) is 0 Å². The van der Waals surface area contributed by atoms with Gasteiger partial charge in [0, 0.05) is 6.54 Å². The van der Waals surface area contributed by atoms with Gasteiger partial charge in [0.1, 0.15) is 0 Å². The molecule has 0 N–H and O–H groups in total. The van der Waals surface area contributed by atoms with E-state index in [9.17, 15) is 0 Å². The molecule has 0 radical (unpaired) electrons. The van der Waals surface area contributed by atoms with Crippen LogP contribution in [0.3, 0.4) is 0 Å². The Morgan fingerprint density at radius 1 is 1.31 bits per heavy atom. The standard InChI is InChI=1S/C12H23NO.C2H6/c1-10(2)11-7-12(14-8-11)5-4-6-13(3)9-12;1-2/h10-11H,4-9H2,1-3H3;1-2H3. The molecule has 0 bridgehead atoms. The van der Waals surface area contributed by atoms with E-state index in [2.05, 4.69) is 25.8 Å². The summed E-state index contributed by atoms with van der Waals surface area (Å²) in [6.45, 7) is 12.0. The van der Waals surface area contributed by atoms with E-state index in [1.54, 1.807) is 0 Å². The Morgan fingerprint density at radius 3 is 2.50 bits per heavy atom. The van der Waals surface area contributed by atoms with Crippen molar-refractivity contribution in [3.05, 3.63) is 0 Å². The number of rotatable bonds is 1. The summed E-state index contributed by atoms with van der Waals surface area (Å²) in [5.41, 5.74) is 0.224. The van der Waals surface area contributed by atoms with Crippen LogP contribution in [0.2, 0.25) is 0 Å². The quantitative estimate of drug-likeness (QED) is 0.682. The molecule has 96 valence electrons. The number of likely N-dealkylation sites (tertiary alicyclic amines) is 1. The van der Waals surface area contributed by atoms with Crippen molar-refractivity contribution in [1.29, 1.82) is 0 Å². The molecule has 0 saturated carbocycles. The highest BCUT2D eigenvalue weighted by atomic mass is 16.5. The first kappa shape index (κ1) is 14.0. The lowest BCUT2D eigenvalue weighted by Crippen LogP contribution is -2.46. The first-order valence-electron chi connectivity index (χ1n) is 6.94. The number of likely N-dealkylation sites (N-methyl/N-ethyl adjacent to an activating group) is 1. The predicted octanol–water partition coefficient (Wildman–Crippen LogP) is 3.17. The van der Waals surface area contributed by atoms with E-state index >= 15 is 0 Å². The maximum Gasteiger partial charge on any atom is 0.0812 e. The Hall–Kier alpha value is -0.0800. The van der Waals surface area contributed by atoms with E-state index < -0.39 is 0 Å². The summed E-state index contributed by atoms with van der Waals surface area (Å²) < 4.78 is 6.08. The van der Waals surface area contributed by atoms with Gasteiger partial charge in [-0.25, -0.2) is 0 Å². The van der Waals surface area contributed by atoms with Crippen LogP contribution >= 0.6 is 0 Å². The molecule has 2 atom stereocenters. The van der Waals surface area contributed by atoms with Gasteiger partial charge in [-0.2, -0.15) is 0 Å². The van der Waals surface area contributed by atoms with E-state index in [0.29, 0.717) is 0 Å². The SMILES string of the molecule is CC.CC(C)C1COC2(CCCN(C)C2)C1. The summed E-state index contributed by atoms with van der Waals surface area (Å²) >= 11 is 0. The van der Waals surface area contributed by atoms with Gasteiger partial charge in [-0.05, 0) is 44.7 Å². The van der Waals surface area contributed by atoms with Crippen LogP contribution in [-0.4, -0.2) is 37.2 Å². The molecule has 2 aliphatic heterocycles. The number of ether oxygens (including phenoxy) is 1. The Kier molecular flexibility index (Phi) is 5.26. The fourth-order valence-electron chi connectivity index (χ4n) is 2.91. The first-order valence-corrected chi connectivity index (χ1v) is 6.94. The average Bonchev–Trinajstić information content (AvgIpc) is 2.65. The largest absolute Gasteiger partial charge is 0.373 e. The third-order valence-electron chi connectivity index (χ3n) is 3.91. The van der Waals surface area contributed by atoms with Gasteiger partial charge in [-0.3, -0.25) is 0 Å². The van der Waals surface area contributed by atoms with Crippen molar-refractivity contribution in [3.8, 4) is 0 Å². The summed E-state index contributed by atoms with van der Waals surface area (Å²) in [6.07, 6.45) is 3.87. The van der Waals surface area contributed by atoms with Gasteiger partial charge in [-0.15, -0.1) is 0 Å². The molecule has 2 heterocycles. The molecule has 2 fully saturated rings. The van der Waals surface area contributed by atoms with E-state index in [-0.39, 0.29) is 5.60 Å². The highest BCUT2D eigenvalue weighted by Crippen LogP contribution is 2.39. The molecule has 0 aromatic rings. The molecule has 0 aliphatic carbocycles. The Labute approximate surface area is 101 Å². The zero-order valence-electron chi connectivity index (χ0n) is 11.8. The highest BCUT2D eigenvalue weighted by molar-refractivity contribution is 4.94. The van der Waals surface area contributed by atoms with Crippen LogP contribution in [0.5, 0.6) is 0 Å². The topological polar surface area (TPSA) is 12.5 Å². The summed E-state index contributed by atoms with van der Waals surface area (Å²) in [7, 11) is 2.22. The molecule has 0 amide bonds. The third kappa shape index (κ3) is 3.21. The Morgan fingerprint density at radius 2 is 2.00 bits per heavy atom. The van der Waals surface area contributed by atoms with Crippen molar-refractivity contribution in [2.45, 2.75) is 52.6 Å². The van der Waals surface area contributed by atoms with Crippen molar-refractivity contribution in [3.63, 3.8) is 0 Å². The molecule has 2 rings (SSSR count). The van der Waals surface area contributed by atoms with Crippen molar-refractivity contribution in [2.24, 2.45) is 11.8 Å². The first-order chi connectivity index (χ1) is 7.61. The molecule has 2 unspecified atom stereocenters. The fraction of sp³-hybridized carbons (Fsp3) is 1.00. The van der Waals surface area contributed by atoms with Gasteiger partial charge >= 0.3 is 0 Å². The number of piperidine rings is 1. The molecule has 0 aromatic carbocycles. The Balaban J connectivity index is 0.000000606. The minimum Gasteiger partial charge on any atom is -0.373 e. The molecule has 1 spiro atoms. The van der Waals surface area contributed by atoms with Gasteiger partial charge in [0.15, 0.2) is 0 Å². The Bertz CT molecular complexity index is 205. The number of nitrogens with zero attached hydrogens (tertiary/aromatic N) is 1. The molecule has 2 nitrogen and oxygen atoms in total. The normalized spacial score (nSPS) is 35.2. The monoisotopic (exact) mass is 227 g/mol. The summed E-state index contributed by atoms with van der Waals surface area (Å²) in [6, 6.07) is 0. The maximum absolute atomic E-state index is 6.08. The minimum atomic E-state index is 0.224. The van der Waals surface area contributed by atoms with Crippen molar-refractivity contribution in [2.75, 3.05) is 26.7 Å². The molecule has 0 aromatic heterocycles.